The Morgan fingerprint density at radius 3 is 2.09 bits per heavy atom. The van der Waals surface area contributed by atoms with E-state index in [9.17, 15) is 39.9 Å². The van der Waals surface area contributed by atoms with Crippen molar-refractivity contribution in [1.82, 2.24) is 4.90 Å². The number of hydrogen-bond acceptors (Lipinski definition) is 9. The van der Waals surface area contributed by atoms with Crippen LogP contribution in [0.4, 0.5) is 0 Å². The molecule has 10 heteroatoms. The molecule has 0 bridgehead atoms. The topological polar surface area (TPSA) is 182 Å². The average molecular weight is 487 g/mol. The van der Waals surface area contributed by atoms with E-state index in [0.29, 0.717) is 0 Å². The van der Waals surface area contributed by atoms with Crippen LogP contribution in [0.5, 0.6) is 5.75 Å². The number of aromatic hydroxyl groups is 1. The summed E-state index contributed by atoms with van der Waals surface area (Å²) in [5, 5.41) is 56.7. The SMILES string of the molecule is CN(C)C1(C)C(O)=C(C(N)=O)C(=O)C2(O)C(=O)C3=C(O)c4c(O)cccc4C(C)(O)C3C(C)(C)C21. The number of ketones is 2. The molecule has 0 radical (unpaired) electrons. The quantitative estimate of drug-likeness (QED) is 0.258. The van der Waals surface area contributed by atoms with E-state index in [0.717, 1.165) is 0 Å². The first-order valence-electron chi connectivity index (χ1n) is 11.1. The van der Waals surface area contributed by atoms with Crippen molar-refractivity contribution in [3.05, 3.63) is 46.2 Å². The van der Waals surface area contributed by atoms with Crippen LogP contribution in [0, 0.1) is 17.3 Å². The zero-order valence-electron chi connectivity index (χ0n) is 20.4. The molecule has 0 saturated heterocycles. The maximum Gasteiger partial charge on any atom is 0.255 e. The number of hydrogen-bond donors (Lipinski definition) is 6. The van der Waals surface area contributed by atoms with Gasteiger partial charge in [-0.1, -0.05) is 26.0 Å². The van der Waals surface area contributed by atoms with Crippen molar-refractivity contribution in [2.24, 2.45) is 23.0 Å². The third kappa shape index (κ3) is 2.61. The highest BCUT2D eigenvalue weighted by Crippen LogP contribution is 2.65. The number of amides is 1. The molecule has 0 aromatic heterocycles. The van der Waals surface area contributed by atoms with Gasteiger partial charge in [0.2, 0.25) is 11.6 Å². The van der Waals surface area contributed by atoms with E-state index in [2.05, 4.69) is 0 Å². The summed E-state index contributed by atoms with van der Waals surface area (Å²) in [5.74, 6) is -8.30. The van der Waals surface area contributed by atoms with Gasteiger partial charge in [-0.3, -0.25) is 19.3 Å². The van der Waals surface area contributed by atoms with Crippen LogP contribution in [0.3, 0.4) is 0 Å². The second-order valence-electron chi connectivity index (χ2n) is 10.9. The molecule has 4 rings (SSSR count). The minimum atomic E-state index is -2.92. The van der Waals surface area contributed by atoms with E-state index in [1.54, 1.807) is 27.9 Å². The zero-order chi connectivity index (χ0) is 26.6. The Bertz CT molecular complexity index is 1270. The van der Waals surface area contributed by atoms with Crippen molar-refractivity contribution < 1.29 is 39.9 Å². The number of aliphatic hydroxyl groups is 4. The lowest BCUT2D eigenvalue weighted by Crippen LogP contribution is -2.77. The fourth-order valence-electron chi connectivity index (χ4n) is 7.05. The summed E-state index contributed by atoms with van der Waals surface area (Å²) in [6.45, 7) is 6.10. The number of phenols is 1. The van der Waals surface area contributed by atoms with Gasteiger partial charge in [-0.05, 0) is 45.0 Å². The van der Waals surface area contributed by atoms with Gasteiger partial charge in [0.05, 0.1) is 16.7 Å². The maximum atomic E-state index is 14.1. The van der Waals surface area contributed by atoms with Crippen molar-refractivity contribution in [3.63, 3.8) is 0 Å². The normalized spacial score (nSPS) is 36.1. The number of Topliss-reactive ketones (excluding diaryl/α,β-unsaturated/α-hetero) is 2. The molecular weight excluding hydrogens is 456 g/mol. The minimum Gasteiger partial charge on any atom is -0.509 e. The Morgan fingerprint density at radius 2 is 1.57 bits per heavy atom. The van der Waals surface area contributed by atoms with Crippen LogP contribution in [0.15, 0.2) is 35.1 Å². The third-order valence-electron chi connectivity index (χ3n) is 8.45. The monoisotopic (exact) mass is 486 g/mol. The number of primary amides is 1. The number of benzene rings is 1. The lowest BCUT2D eigenvalue weighted by Gasteiger charge is -2.64. The number of rotatable bonds is 2. The summed E-state index contributed by atoms with van der Waals surface area (Å²) in [6.07, 6.45) is 0. The molecule has 188 valence electrons. The third-order valence-corrected chi connectivity index (χ3v) is 8.45. The fraction of sp³-hybridized carbons (Fsp3) is 0.480. The van der Waals surface area contributed by atoms with Crippen molar-refractivity contribution in [1.29, 1.82) is 0 Å². The molecular formula is C25H30N2O8. The van der Waals surface area contributed by atoms with Crippen LogP contribution in [-0.4, -0.2) is 73.1 Å². The summed E-state index contributed by atoms with van der Waals surface area (Å²) in [5.41, 5.74) is -3.81. The first-order chi connectivity index (χ1) is 15.9. The number of nitrogens with zero attached hydrogens (tertiary/aromatic N) is 1. The zero-order valence-corrected chi connectivity index (χ0v) is 20.4. The molecule has 35 heavy (non-hydrogen) atoms. The summed E-state index contributed by atoms with van der Waals surface area (Å²) < 4.78 is 0. The lowest BCUT2D eigenvalue weighted by molar-refractivity contribution is -0.198. The van der Waals surface area contributed by atoms with Crippen LogP contribution in [0.2, 0.25) is 0 Å². The van der Waals surface area contributed by atoms with Crippen molar-refractivity contribution >= 4 is 23.2 Å². The Kier molecular flexibility index (Phi) is 4.93. The highest BCUT2D eigenvalue weighted by Gasteiger charge is 2.76. The molecule has 0 heterocycles. The molecule has 1 fully saturated rings. The van der Waals surface area contributed by atoms with Gasteiger partial charge >= 0.3 is 0 Å². The summed E-state index contributed by atoms with van der Waals surface area (Å²) in [4.78, 5) is 41.3. The van der Waals surface area contributed by atoms with Gasteiger partial charge in [-0.2, -0.15) is 0 Å². The summed E-state index contributed by atoms with van der Waals surface area (Å²) in [6, 6.07) is 4.25. The largest absolute Gasteiger partial charge is 0.509 e. The van der Waals surface area contributed by atoms with E-state index >= 15 is 0 Å². The van der Waals surface area contributed by atoms with Gasteiger partial charge in [0, 0.05) is 17.4 Å². The van der Waals surface area contributed by atoms with Crippen molar-refractivity contribution in [2.45, 2.75) is 44.4 Å². The molecule has 1 aromatic rings. The highest BCUT2D eigenvalue weighted by molar-refractivity contribution is 6.33. The second kappa shape index (κ2) is 6.93. The van der Waals surface area contributed by atoms with E-state index in [1.807, 2.05) is 0 Å². The molecule has 5 atom stereocenters. The Labute approximate surface area is 202 Å². The minimum absolute atomic E-state index is 0.154. The maximum absolute atomic E-state index is 14.1. The summed E-state index contributed by atoms with van der Waals surface area (Å²) >= 11 is 0. The second-order valence-corrected chi connectivity index (χ2v) is 10.9. The van der Waals surface area contributed by atoms with E-state index in [4.69, 9.17) is 5.73 Å². The molecule has 10 nitrogen and oxygen atoms in total. The number of phenolic OH excluding ortho intramolecular Hbond substituents is 1. The number of likely N-dealkylation sites (N-methyl/N-ethyl adjacent to an activating group) is 1. The predicted molar refractivity (Wildman–Crippen MR) is 124 cm³/mol. The number of aliphatic hydroxyl groups excluding tert-OH is 2. The standard InChI is InChI=1S/C25H30N2O8/c1-22(2)16-13(15(29)12-10(24(16,4)34)8-7-9-11(12)28)18(31)25(35)19(32)14(20(26)33)17(30)23(3,21(22)25)27(5)6/h7-9,16,21,28-30,34-35H,1-6H3,(H2,26,33). The number of carbonyl (C=O) groups excluding carboxylic acids is 3. The van der Waals surface area contributed by atoms with Gasteiger partial charge < -0.3 is 31.3 Å². The first kappa shape index (κ1) is 24.9. The molecule has 3 aliphatic rings. The van der Waals surface area contributed by atoms with Crippen molar-refractivity contribution in [3.8, 4) is 5.75 Å². The molecule has 1 saturated carbocycles. The molecule has 1 aromatic carbocycles. The smallest absolute Gasteiger partial charge is 0.255 e. The number of carbonyl (C=O) groups is 3. The van der Waals surface area contributed by atoms with Gasteiger partial charge in [0.15, 0.2) is 5.60 Å². The van der Waals surface area contributed by atoms with Crippen LogP contribution < -0.4 is 5.73 Å². The van der Waals surface area contributed by atoms with Crippen LogP contribution in [0.25, 0.3) is 5.76 Å². The summed E-state index contributed by atoms with van der Waals surface area (Å²) in [7, 11) is 3.08. The van der Waals surface area contributed by atoms with Gasteiger partial charge in [-0.15, -0.1) is 0 Å². The Balaban J connectivity index is 2.19. The van der Waals surface area contributed by atoms with Gasteiger partial charge in [0.1, 0.15) is 22.8 Å². The molecule has 3 aliphatic carbocycles. The van der Waals surface area contributed by atoms with Crippen LogP contribution in [0.1, 0.15) is 38.8 Å². The van der Waals surface area contributed by atoms with E-state index in [1.165, 1.54) is 36.9 Å². The molecule has 1 amide bonds. The lowest BCUT2D eigenvalue weighted by atomic mass is 9.42. The molecule has 0 spiro atoms. The van der Waals surface area contributed by atoms with E-state index in [-0.39, 0.29) is 11.1 Å². The van der Waals surface area contributed by atoms with E-state index < -0.39 is 79.9 Å². The highest BCUT2D eigenvalue weighted by atomic mass is 16.3. The fourth-order valence-corrected chi connectivity index (χ4v) is 7.05. The molecule has 5 unspecified atom stereocenters. The number of nitrogens with two attached hydrogens (primary N) is 1. The first-order valence-corrected chi connectivity index (χ1v) is 11.1. The molecule has 0 aliphatic heterocycles. The average Bonchev–Trinajstić information content (AvgIpc) is 2.72. The molecule has 7 N–H and O–H groups in total. The van der Waals surface area contributed by atoms with Crippen LogP contribution >= 0.6 is 0 Å². The Morgan fingerprint density at radius 1 is 1.00 bits per heavy atom. The van der Waals surface area contributed by atoms with Crippen molar-refractivity contribution in [2.75, 3.05) is 14.1 Å². The van der Waals surface area contributed by atoms with Gasteiger partial charge in [0.25, 0.3) is 5.91 Å². The van der Waals surface area contributed by atoms with Gasteiger partial charge in [-0.25, -0.2) is 0 Å². The Hall–Kier alpha value is -3.21. The van der Waals surface area contributed by atoms with Crippen LogP contribution in [-0.2, 0) is 20.0 Å². The predicted octanol–water partition coefficient (Wildman–Crippen LogP) is 0.655. The number of fused-ring (bicyclic) bond motifs is 3.